The number of phenols is 1. The lowest BCUT2D eigenvalue weighted by Gasteiger charge is -2.60. The van der Waals surface area contributed by atoms with Crippen LogP contribution in [0.2, 0.25) is 0 Å². The highest BCUT2D eigenvalue weighted by Crippen LogP contribution is 2.41. The first-order chi connectivity index (χ1) is 28.9. The lowest BCUT2D eigenvalue weighted by Crippen LogP contribution is -2.73. The molecule has 6 N–H and O–H groups in total. The zero-order valence-electron chi connectivity index (χ0n) is 32.6. The fourth-order valence-corrected chi connectivity index (χ4v) is 8.14. The van der Waals surface area contributed by atoms with Crippen molar-refractivity contribution in [3.63, 3.8) is 0 Å². The molecule has 306 valence electrons. The van der Waals surface area contributed by atoms with Crippen LogP contribution in [0.5, 0.6) is 11.5 Å². The Morgan fingerprint density at radius 1 is 0.767 bits per heavy atom. The van der Waals surface area contributed by atoms with Crippen LogP contribution in [0.1, 0.15) is 54.6 Å². The molecule has 2 amide bonds. The molecule has 60 heavy (non-hydrogen) atoms. The fourth-order valence-electron chi connectivity index (χ4n) is 8.14. The van der Waals surface area contributed by atoms with Gasteiger partial charge in [0, 0.05) is 66.3 Å². The number of benzene rings is 5. The van der Waals surface area contributed by atoms with Gasteiger partial charge in [0.15, 0.2) is 0 Å². The summed E-state index contributed by atoms with van der Waals surface area (Å²) in [5.74, 6) is -1.19. The summed E-state index contributed by atoms with van der Waals surface area (Å²) >= 11 is 0. The van der Waals surface area contributed by atoms with Crippen LogP contribution in [-0.2, 0) is 23.4 Å². The van der Waals surface area contributed by atoms with E-state index in [-0.39, 0.29) is 52.8 Å². The van der Waals surface area contributed by atoms with Gasteiger partial charge >= 0.3 is 5.97 Å². The predicted molar refractivity (Wildman–Crippen MR) is 223 cm³/mol. The fraction of sp³-hybridized carbons (Fsp3) is 0.234. The molecule has 0 unspecified atom stereocenters. The Morgan fingerprint density at radius 2 is 1.38 bits per heavy atom. The van der Waals surface area contributed by atoms with E-state index in [1.165, 1.54) is 18.2 Å². The Kier molecular flexibility index (Phi) is 11.0. The number of likely N-dealkylation sites (tertiary alicyclic amines) is 2. The highest BCUT2D eigenvalue weighted by Gasteiger charge is 2.54. The van der Waals surface area contributed by atoms with Gasteiger partial charge in [0.05, 0.1) is 11.6 Å². The number of aliphatic hydroxyl groups excluding tert-OH is 1. The SMILES string of the molecule is O=C(c1ccc(CCNC[C@H](O)c2ccc(O)c3[nH]c(=O)ccc23)cc1)N1CC2(C1)CN(C(=O)c1ccc(COc3cccc([C@](O)(C(=O)O)c4ccccc4)c3)cc1)C2. The van der Waals surface area contributed by atoms with Gasteiger partial charge in [-0.2, -0.15) is 0 Å². The predicted octanol–water partition coefficient (Wildman–Crippen LogP) is 4.60. The van der Waals surface area contributed by atoms with E-state index in [0.717, 1.165) is 11.1 Å². The highest BCUT2D eigenvalue weighted by molar-refractivity contribution is 5.96. The number of carboxylic acid groups (broad SMARTS) is 1. The molecule has 1 spiro atoms. The minimum absolute atomic E-state index is 0.0426. The monoisotopic (exact) mass is 808 g/mol. The third-order valence-electron chi connectivity index (χ3n) is 11.4. The van der Waals surface area contributed by atoms with Crippen LogP contribution in [0.25, 0.3) is 10.9 Å². The first kappa shape index (κ1) is 40.0. The number of phenolic OH excluding ortho intramolecular Hbond substituents is 1. The summed E-state index contributed by atoms with van der Waals surface area (Å²) in [4.78, 5) is 56.6. The summed E-state index contributed by atoms with van der Waals surface area (Å²) in [6, 6.07) is 35.3. The molecule has 2 atom stereocenters. The number of nitrogens with zero attached hydrogens (tertiary/aromatic N) is 2. The maximum atomic E-state index is 13.3. The molecule has 0 bridgehead atoms. The zero-order chi connectivity index (χ0) is 42.0. The van der Waals surface area contributed by atoms with Gasteiger partial charge in [0.2, 0.25) is 11.2 Å². The van der Waals surface area contributed by atoms with Crippen LogP contribution in [0, 0.1) is 5.41 Å². The topological polar surface area (TPSA) is 193 Å². The third-order valence-corrected chi connectivity index (χ3v) is 11.4. The molecule has 2 saturated heterocycles. The summed E-state index contributed by atoms with van der Waals surface area (Å²) in [5.41, 5.74) is 1.61. The number of carbonyl (C=O) groups is 3. The summed E-state index contributed by atoms with van der Waals surface area (Å²) < 4.78 is 5.94. The van der Waals surface area contributed by atoms with Crippen LogP contribution in [-0.4, -0.2) is 92.3 Å². The van der Waals surface area contributed by atoms with E-state index in [1.807, 2.05) is 41.3 Å². The summed E-state index contributed by atoms with van der Waals surface area (Å²) in [6.07, 6.45) is -0.166. The highest BCUT2D eigenvalue weighted by atomic mass is 16.5. The zero-order valence-corrected chi connectivity index (χ0v) is 32.6. The number of aromatic amines is 1. The van der Waals surface area contributed by atoms with Crippen molar-refractivity contribution >= 4 is 28.7 Å². The minimum atomic E-state index is -2.24. The van der Waals surface area contributed by atoms with Gasteiger partial charge in [0.1, 0.15) is 18.1 Å². The largest absolute Gasteiger partial charge is 0.506 e. The van der Waals surface area contributed by atoms with E-state index < -0.39 is 17.7 Å². The first-order valence-electron chi connectivity index (χ1n) is 19.7. The van der Waals surface area contributed by atoms with E-state index in [4.69, 9.17) is 4.74 Å². The van der Waals surface area contributed by atoms with E-state index in [9.17, 15) is 39.6 Å². The Balaban J connectivity index is 0.766. The van der Waals surface area contributed by atoms with Crippen molar-refractivity contribution in [3.05, 3.63) is 177 Å². The van der Waals surface area contributed by atoms with Crippen molar-refractivity contribution in [2.24, 2.45) is 5.41 Å². The second-order valence-corrected chi connectivity index (χ2v) is 15.7. The number of aliphatic hydroxyl groups is 2. The first-order valence-corrected chi connectivity index (χ1v) is 19.7. The van der Waals surface area contributed by atoms with Gasteiger partial charge in [-0.05, 0) is 83.8 Å². The summed E-state index contributed by atoms with van der Waals surface area (Å²) in [7, 11) is 0. The van der Waals surface area contributed by atoms with Crippen molar-refractivity contribution in [1.82, 2.24) is 20.1 Å². The summed E-state index contributed by atoms with van der Waals surface area (Å²) in [6.45, 7) is 3.36. The van der Waals surface area contributed by atoms with Gasteiger partial charge in [-0.1, -0.05) is 72.8 Å². The van der Waals surface area contributed by atoms with Crippen molar-refractivity contribution < 1.29 is 39.5 Å². The number of H-pyrrole nitrogens is 1. The van der Waals surface area contributed by atoms with Gasteiger partial charge in [-0.15, -0.1) is 0 Å². The van der Waals surface area contributed by atoms with E-state index in [0.29, 0.717) is 72.5 Å². The number of amides is 2. The lowest BCUT2D eigenvalue weighted by atomic mass is 9.72. The Bertz CT molecular complexity index is 2600. The molecule has 3 heterocycles. The molecule has 2 aliphatic rings. The van der Waals surface area contributed by atoms with E-state index in [2.05, 4.69) is 10.3 Å². The average molecular weight is 809 g/mol. The third kappa shape index (κ3) is 7.97. The second-order valence-electron chi connectivity index (χ2n) is 15.7. The van der Waals surface area contributed by atoms with Crippen molar-refractivity contribution in [2.45, 2.75) is 24.7 Å². The van der Waals surface area contributed by atoms with Gasteiger partial charge in [0.25, 0.3) is 11.8 Å². The van der Waals surface area contributed by atoms with Gasteiger partial charge in [-0.3, -0.25) is 14.4 Å². The number of carboxylic acids is 1. The van der Waals surface area contributed by atoms with E-state index >= 15 is 0 Å². The smallest absolute Gasteiger partial charge is 0.345 e. The molecule has 2 aliphatic heterocycles. The Labute approximate surface area is 345 Å². The second kappa shape index (κ2) is 16.5. The Hall–Kier alpha value is -6.80. The van der Waals surface area contributed by atoms with Crippen LogP contribution >= 0.6 is 0 Å². The average Bonchev–Trinajstić information content (AvgIpc) is 3.24. The number of carbonyl (C=O) groups excluding carboxylic acids is 2. The molecule has 1 aromatic heterocycles. The molecule has 2 fully saturated rings. The van der Waals surface area contributed by atoms with Crippen LogP contribution < -0.4 is 15.6 Å². The number of hydrogen-bond donors (Lipinski definition) is 6. The number of aromatic nitrogens is 1. The molecule has 13 nitrogen and oxygen atoms in total. The van der Waals surface area contributed by atoms with Crippen molar-refractivity contribution in [2.75, 3.05) is 39.3 Å². The van der Waals surface area contributed by atoms with Crippen LogP contribution in [0.15, 0.2) is 132 Å². The standard InChI is InChI=1S/C47H44N4O9/c52-39-19-17-37(38-18-20-41(54)49-42(38)39)40(53)24-48-22-21-30-9-13-32(14-10-30)43(55)50-26-46(27-50)28-51(29-46)44(56)33-15-11-31(12-16-33)25-60-36-8-4-7-35(23-36)47(59,45(57)58)34-5-2-1-3-6-34/h1-20,23,40,48,52-53,59H,21-22,24-29H2,(H,49,54)(H,57,58)/t40-,47-/m0/s1. The van der Waals surface area contributed by atoms with Gasteiger partial charge in [-0.25, -0.2) is 4.79 Å². The quantitative estimate of drug-likeness (QED) is 0.0849. The molecular weight excluding hydrogens is 765 g/mol. The normalized spacial score (nSPS) is 15.8. The maximum absolute atomic E-state index is 13.3. The van der Waals surface area contributed by atoms with E-state index in [1.54, 1.807) is 77.7 Å². The number of ether oxygens (including phenoxy) is 1. The number of aromatic hydroxyl groups is 1. The molecule has 0 aliphatic carbocycles. The van der Waals surface area contributed by atoms with Crippen LogP contribution in [0.4, 0.5) is 0 Å². The minimum Gasteiger partial charge on any atom is -0.506 e. The lowest BCUT2D eigenvalue weighted by molar-refractivity contribution is -0.155. The van der Waals surface area contributed by atoms with Crippen molar-refractivity contribution in [3.8, 4) is 11.5 Å². The number of fused-ring (bicyclic) bond motifs is 1. The number of rotatable bonds is 14. The van der Waals surface area contributed by atoms with Gasteiger partial charge < -0.3 is 45.3 Å². The molecule has 13 heteroatoms. The molecule has 8 rings (SSSR count). The van der Waals surface area contributed by atoms with Crippen LogP contribution in [0.3, 0.4) is 0 Å². The molecule has 5 aromatic carbocycles. The molecule has 0 saturated carbocycles. The number of nitrogens with one attached hydrogen (secondary N) is 2. The number of pyridine rings is 1. The Morgan fingerprint density at radius 3 is 2.02 bits per heavy atom. The number of hydrogen-bond acceptors (Lipinski definition) is 9. The molecule has 0 radical (unpaired) electrons. The summed E-state index contributed by atoms with van der Waals surface area (Å²) in [5, 5.41) is 45.9. The molecule has 6 aromatic rings. The maximum Gasteiger partial charge on any atom is 0.345 e. The van der Waals surface area contributed by atoms with Crippen molar-refractivity contribution in [1.29, 1.82) is 0 Å². The number of aliphatic carboxylic acids is 1. The molecular formula is C47H44N4O9.